The maximum Gasteiger partial charge on any atom is 0.280 e. The first kappa shape index (κ1) is 10.6. The number of aryl methyl sites for hydroxylation is 2. The lowest BCUT2D eigenvalue weighted by Gasteiger charge is -1.97. The Morgan fingerprint density at radius 2 is 2.31 bits per heavy atom. The number of nitrogens with two attached hydrogens (primary N) is 1. The number of carbonyl (C=O) groups excluding carboxylic acids is 1. The lowest BCUT2D eigenvalue weighted by molar-refractivity contribution is 0.102. The quantitative estimate of drug-likeness (QED) is 0.789. The van der Waals surface area contributed by atoms with E-state index in [1.807, 2.05) is 6.92 Å². The average molecular weight is 238 g/mol. The van der Waals surface area contributed by atoms with Gasteiger partial charge in [-0.25, -0.2) is 0 Å². The first-order valence-corrected chi connectivity index (χ1v) is 5.28. The smallest absolute Gasteiger partial charge is 0.280 e. The Kier molecular flexibility index (Phi) is 2.57. The van der Waals surface area contributed by atoms with Crippen molar-refractivity contribution in [2.45, 2.75) is 6.92 Å². The van der Waals surface area contributed by atoms with E-state index in [9.17, 15) is 4.79 Å². The molecule has 16 heavy (non-hydrogen) atoms. The molecular weight excluding hydrogens is 228 g/mol. The molecule has 2 heterocycles. The van der Waals surface area contributed by atoms with Crippen LogP contribution in [-0.2, 0) is 7.05 Å². The number of nitrogens with one attached hydrogen (secondary N) is 1. The predicted molar refractivity (Wildman–Crippen MR) is 60.2 cm³/mol. The maximum atomic E-state index is 11.7. The molecule has 2 aromatic rings. The van der Waals surface area contributed by atoms with Gasteiger partial charge < -0.3 is 5.73 Å². The zero-order valence-electron chi connectivity index (χ0n) is 8.76. The molecule has 3 N–H and O–H groups in total. The minimum Gasteiger partial charge on any atom is -0.396 e. The zero-order chi connectivity index (χ0) is 11.7. The van der Waals surface area contributed by atoms with Crippen LogP contribution in [-0.4, -0.2) is 25.9 Å². The van der Waals surface area contributed by atoms with Crippen LogP contribution >= 0.6 is 11.3 Å². The van der Waals surface area contributed by atoms with Crippen molar-refractivity contribution in [1.82, 2.24) is 20.0 Å². The van der Waals surface area contributed by atoms with Crippen molar-refractivity contribution in [2.75, 3.05) is 11.1 Å². The van der Waals surface area contributed by atoms with E-state index in [-0.39, 0.29) is 11.6 Å². The Morgan fingerprint density at radius 1 is 1.56 bits per heavy atom. The van der Waals surface area contributed by atoms with Gasteiger partial charge >= 0.3 is 0 Å². The number of anilines is 2. The molecular formula is C8H10N6OS. The van der Waals surface area contributed by atoms with Gasteiger partial charge in [0.05, 0.1) is 5.69 Å². The van der Waals surface area contributed by atoms with Gasteiger partial charge in [0.25, 0.3) is 5.91 Å². The summed E-state index contributed by atoms with van der Waals surface area (Å²) >= 11 is 1.29. The Bertz CT molecular complexity index is 530. The highest BCUT2D eigenvalue weighted by molar-refractivity contribution is 7.15. The SMILES string of the molecule is Cc1nnc(NC(=O)c2nn(C)cc2N)s1. The molecule has 0 aliphatic rings. The predicted octanol–water partition coefficient (Wildman–Crippen LogP) is 0.415. The van der Waals surface area contributed by atoms with Crippen molar-refractivity contribution < 1.29 is 4.79 Å². The van der Waals surface area contributed by atoms with Crippen LogP contribution in [0.4, 0.5) is 10.8 Å². The van der Waals surface area contributed by atoms with E-state index in [0.717, 1.165) is 5.01 Å². The monoisotopic (exact) mass is 238 g/mol. The van der Waals surface area contributed by atoms with E-state index >= 15 is 0 Å². The summed E-state index contributed by atoms with van der Waals surface area (Å²) in [7, 11) is 1.70. The summed E-state index contributed by atoms with van der Waals surface area (Å²) in [6.07, 6.45) is 1.57. The van der Waals surface area contributed by atoms with E-state index in [4.69, 9.17) is 5.73 Å². The van der Waals surface area contributed by atoms with E-state index in [1.165, 1.54) is 16.0 Å². The van der Waals surface area contributed by atoms with Crippen LogP contribution in [0.15, 0.2) is 6.20 Å². The second-order valence-electron chi connectivity index (χ2n) is 3.19. The van der Waals surface area contributed by atoms with Crippen LogP contribution < -0.4 is 11.1 Å². The van der Waals surface area contributed by atoms with Crippen molar-refractivity contribution in [1.29, 1.82) is 0 Å². The van der Waals surface area contributed by atoms with Gasteiger partial charge in [0.2, 0.25) is 5.13 Å². The molecule has 0 atom stereocenters. The number of amides is 1. The first-order chi connectivity index (χ1) is 7.56. The molecule has 1 amide bonds. The average Bonchev–Trinajstić information content (AvgIpc) is 2.73. The fraction of sp³-hybridized carbons (Fsp3) is 0.250. The fourth-order valence-electron chi connectivity index (χ4n) is 1.19. The lowest BCUT2D eigenvalue weighted by Crippen LogP contribution is -2.14. The lowest BCUT2D eigenvalue weighted by atomic mass is 10.3. The molecule has 0 aliphatic carbocycles. The molecule has 0 fully saturated rings. The van der Waals surface area contributed by atoms with E-state index in [1.54, 1.807) is 13.2 Å². The van der Waals surface area contributed by atoms with Crippen molar-refractivity contribution in [3.8, 4) is 0 Å². The molecule has 0 unspecified atom stereocenters. The third-order valence-corrected chi connectivity index (χ3v) is 2.57. The molecule has 0 saturated heterocycles. The summed E-state index contributed by atoms with van der Waals surface area (Å²) in [6, 6.07) is 0. The highest BCUT2D eigenvalue weighted by Crippen LogP contribution is 2.16. The topological polar surface area (TPSA) is 98.7 Å². The summed E-state index contributed by atoms with van der Waals surface area (Å²) in [4.78, 5) is 11.7. The van der Waals surface area contributed by atoms with Crippen LogP contribution in [0.5, 0.6) is 0 Å². The molecule has 0 aromatic carbocycles. The van der Waals surface area contributed by atoms with Crippen LogP contribution in [0.1, 0.15) is 15.5 Å². The molecule has 8 heteroatoms. The van der Waals surface area contributed by atoms with Gasteiger partial charge in [-0.1, -0.05) is 11.3 Å². The van der Waals surface area contributed by atoms with Gasteiger partial charge in [-0.3, -0.25) is 14.8 Å². The number of hydrogen-bond acceptors (Lipinski definition) is 6. The zero-order valence-corrected chi connectivity index (χ0v) is 9.58. The van der Waals surface area contributed by atoms with Crippen LogP contribution in [0.25, 0.3) is 0 Å². The van der Waals surface area contributed by atoms with Crippen molar-refractivity contribution in [3.63, 3.8) is 0 Å². The van der Waals surface area contributed by atoms with E-state index < -0.39 is 0 Å². The maximum absolute atomic E-state index is 11.7. The van der Waals surface area contributed by atoms with Gasteiger partial charge in [0.15, 0.2) is 5.69 Å². The third-order valence-electron chi connectivity index (χ3n) is 1.82. The van der Waals surface area contributed by atoms with Gasteiger partial charge in [-0.2, -0.15) is 5.10 Å². The summed E-state index contributed by atoms with van der Waals surface area (Å²) < 4.78 is 1.48. The fourth-order valence-corrected chi connectivity index (χ4v) is 1.77. The third kappa shape index (κ3) is 2.01. The van der Waals surface area contributed by atoms with Gasteiger partial charge in [-0.05, 0) is 6.92 Å². The number of hydrogen-bond donors (Lipinski definition) is 2. The van der Waals surface area contributed by atoms with Crippen molar-refractivity contribution in [3.05, 3.63) is 16.9 Å². The molecule has 0 spiro atoms. The standard InChI is InChI=1S/C8H10N6OS/c1-4-11-12-8(16-4)10-7(15)6-5(9)3-14(2)13-6/h3H,9H2,1-2H3,(H,10,12,15). The molecule has 0 radical (unpaired) electrons. The molecule has 7 nitrogen and oxygen atoms in total. The summed E-state index contributed by atoms with van der Waals surface area (Å²) in [5.41, 5.74) is 6.15. The second kappa shape index (κ2) is 3.89. The van der Waals surface area contributed by atoms with Crippen LogP contribution in [0, 0.1) is 6.92 Å². The largest absolute Gasteiger partial charge is 0.396 e. The highest BCUT2D eigenvalue weighted by atomic mass is 32.1. The van der Waals surface area contributed by atoms with Gasteiger partial charge in [0, 0.05) is 13.2 Å². The molecule has 0 saturated carbocycles. The molecule has 0 bridgehead atoms. The van der Waals surface area contributed by atoms with Crippen LogP contribution in [0.2, 0.25) is 0 Å². The van der Waals surface area contributed by atoms with Gasteiger partial charge in [0.1, 0.15) is 5.01 Å². The second-order valence-corrected chi connectivity index (χ2v) is 4.37. The molecule has 2 rings (SSSR count). The van der Waals surface area contributed by atoms with Crippen molar-refractivity contribution in [2.24, 2.45) is 7.05 Å². The number of nitrogens with zero attached hydrogens (tertiary/aromatic N) is 4. The molecule has 0 aliphatic heterocycles. The summed E-state index contributed by atoms with van der Waals surface area (Å²) in [6.45, 7) is 1.81. The minimum atomic E-state index is -0.380. The summed E-state index contributed by atoms with van der Waals surface area (Å²) in [5, 5.41) is 15.3. The Hall–Kier alpha value is -1.96. The van der Waals surface area contributed by atoms with Gasteiger partial charge in [-0.15, -0.1) is 10.2 Å². The molecule has 2 aromatic heterocycles. The number of nitrogen functional groups attached to an aromatic ring is 1. The first-order valence-electron chi connectivity index (χ1n) is 4.47. The molecule has 84 valence electrons. The Balaban J connectivity index is 2.17. The van der Waals surface area contributed by atoms with E-state index in [2.05, 4.69) is 20.6 Å². The number of rotatable bonds is 2. The van der Waals surface area contributed by atoms with E-state index in [0.29, 0.717) is 10.8 Å². The summed E-state index contributed by atoms with van der Waals surface area (Å²) in [5.74, 6) is -0.380. The number of carbonyl (C=O) groups is 1. The Morgan fingerprint density at radius 3 is 2.81 bits per heavy atom. The Labute approximate surface area is 95.3 Å². The van der Waals surface area contributed by atoms with Crippen molar-refractivity contribution >= 4 is 28.1 Å². The highest BCUT2D eigenvalue weighted by Gasteiger charge is 2.15. The number of aromatic nitrogens is 4. The van der Waals surface area contributed by atoms with Crippen LogP contribution in [0.3, 0.4) is 0 Å². The minimum absolute atomic E-state index is 0.190. The normalized spacial score (nSPS) is 10.4.